The number of ether oxygens (including phenoxy) is 1. The van der Waals surface area contributed by atoms with Crippen LogP contribution in [0.3, 0.4) is 0 Å². The first kappa shape index (κ1) is 18.2. The van der Waals surface area contributed by atoms with Gasteiger partial charge in [-0.3, -0.25) is 0 Å². The van der Waals surface area contributed by atoms with E-state index in [1.807, 2.05) is 36.4 Å². The second-order valence-electron chi connectivity index (χ2n) is 6.38. The Hall–Kier alpha value is -2.56. The van der Waals surface area contributed by atoms with Crippen LogP contribution in [0.15, 0.2) is 67.4 Å². The van der Waals surface area contributed by atoms with Crippen LogP contribution in [0.1, 0.15) is 11.1 Å². The largest absolute Gasteiger partial charge is 0.491 e. The van der Waals surface area contributed by atoms with E-state index >= 15 is 0 Å². The molecular formula is C22H26N2O2. The van der Waals surface area contributed by atoms with Gasteiger partial charge in [0.1, 0.15) is 18.5 Å². The molecule has 1 aromatic heterocycles. The number of rotatable bonds is 10. The maximum atomic E-state index is 10.1. The summed E-state index contributed by atoms with van der Waals surface area (Å²) in [4.78, 5) is 3.29. The van der Waals surface area contributed by atoms with Gasteiger partial charge in [-0.1, -0.05) is 42.5 Å². The summed E-state index contributed by atoms with van der Waals surface area (Å²) in [6, 6.07) is 16.2. The van der Waals surface area contributed by atoms with E-state index < -0.39 is 6.10 Å². The fourth-order valence-corrected chi connectivity index (χ4v) is 3.04. The van der Waals surface area contributed by atoms with Crippen molar-refractivity contribution in [1.29, 1.82) is 0 Å². The Kier molecular flexibility index (Phi) is 6.47. The molecule has 3 N–H and O–H groups in total. The summed E-state index contributed by atoms with van der Waals surface area (Å²) in [6.45, 7) is 5.35. The van der Waals surface area contributed by atoms with E-state index in [1.54, 1.807) is 0 Å². The number of hydrogen-bond donors (Lipinski definition) is 3. The number of benzene rings is 2. The molecule has 4 nitrogen and oxygen atoms in total. The van der Waals surface area contributed by atoms with Crippen molar-refractivity contribution in [3.8, 4) is 5.75 Å². The third-order valence-electron chi connectivity index (χ3n) is 4.39. The number of allylic oxidation sites excluding steroid dienone is 1. The van der Waals surface area contributed by atoms with Crippen LogP contribution < -0.4 is 10.1 Å². The van der Waals surface area contributed by atoms with Crippen LogP contribution in [-0.2, 0) is 12.8 Å². The van der Waals surface area contributed by atoms with E-state index in [-0.39, 0.29) is 6.61 Å². The lowest BCUT2D eigenvalue weighted by atomic mass is 10.1. The molecule has 4 heteroatoms. The zero-order chi connectivity index (χ0) is 18.2. The maximum absolute atomic E-state index is 10.1. The Bertz CT molecular complexity index is 841. The summed E-state index contributed by atoms with van der Waals surface area (Å²) in [6.07, 6.45) is 5.04. The average molecular weight is 350 g/mol. The standard InChI is InChI=1S/C22H26N2O2/c1-2-7-17-8-3-6-11-22(17)26-16-19(25)15-23-13-12-18-14-24-21-10-5-4-9-20(18)21/h2-6,8-11,14,19,23-25H,1,7,12-13,15-16H2. The highest BCUT2D eigenvalue weighted by molar-refractivity contribution is 5.83. The van der Waals surface area contributed by atoms with Crippen LogP contribution in [-0.4, -0.2) is 35.9 Å². The zero-order valence-corrected chi connectivity index (χ0v) is 14.9. The van der Waals surface area contributed by atoms with Gasteiger partial charge in [-0.2, -0.15) is 0 Å². The van der Waals surface area contributed by atoms with Crippen LogP contribution in [0, 0.1) is 0 Å². The Morgan fingerprint density at radius 2 is 1.92 bits per heavy atom. The molecule has 0 radical (unpaired) electrons. The van der Waals surface area contributed by atoms with Gasteiger partial charge in [-0.15, -0.1) is 6.58 Å². The van der Waals surface area contributed by atoms with Gasteiger partial charge >= 0.3 is 0 Å². The molecule has 0 saturated carbocycles. The minimum Gasteiger partial charge on any atom is -0.491 e. The first-order chi connectivity index (χ1) is 12.8. The van der Waals surface area contributed by atoms with E-state index in [1.165, 1.54) is 10.9 Å². The minimum atomic E-state index is -0.547. The predicted octanol–water partition coefficient (Wildman–Crippen LogP) is 3.47. The van der Waals surface area contributed by atoms with E-state index in [0.29, 0.717) is 6.54 Å². The number of nitrogens with one attached hydrogen (secondary N) is 2. The Labute approximate surface area is 154 Å². The van der Waals surface area contributed by atoms with Crippen molar-refractivity contribution < 1.29 is 9.84 Å². The van der Waals surface area contributed by atoms with Gasteiger partial charge in [0.2, 0.25) is 0 Å². The molecule has 2 aromatic carbocycles. The van der Waals surface area contributed by atoms with Crippen molar-refractivity contribution in [3.05, 3.63) is 78.5 Å². The molecule has 26 heavy (non-hydrogen) atoms. The molecule has 0 fully saturated rings. The number of aromatic amines is 1. The SMILES string of the molecule is C=CCc1ccccc1OCC(O)CNCCc1c[nH]c2ccccc12. The lowest BCUT2D eigenvalue weighted by Crippen LogP contribution is -2.32. The number of aromatic nitrogens is 1. The molecule has 0 saturated heterocycles. The highest BCUT2D eigenvalue weighted by atomic mass is 16.5. The van der Waals surface area contributed by atoms with Gasteiger partial charge in [0.25, 0.3) is 0 Å². The van der Waals surface area contributed by atoms with Crippen molar-refractivity contribution in [2.45, 2.75) is 18.9 Å². The number of H-pyrrole nitrogens is 1. The lowest BCUT2D eigenvalue weighted by Gasteiger charge is -2.15. The van der Waals surface area contributed by atoms with E-state index in [4.69, 9.17) is 4.74 Å². The van der Waals surface area contributed by atoms with E-state index in [0.717, 1.165) is 36.2 Å². The highest BCUT2D eigenvalue weighted by Gasteiger charge is 2.08. The molecule has 0 aliphatic rings. The first-order valence-corrected chi connectivity index (χ1v) is 9.03. The summed E-state index contributed by atoms with van der Waals surface area (Å²) >= 11 is 0. The van der Waals surface area contributed by atoms with Crippen LogP contribution >= 0.6 is 0 Å². The summed E-state index contributed by atoms with van der Waals surface area (Å²) < 4.78 is 5.77. The molecule has 0 bridgehead atoms. The quantitative estimate of drug-likeness (QED) is 0.388. The molecule has 0 spiro atoms. The summed E-state index contributed by atoms with van der Waals surface area (Å²) in [7, 11) is 0. The average Bonchev–Trinajstić information content (AvgIpc) is 3.08. The van der Waals surface area contributed by atoms with Crippen LogP contribution in [0.5, 0.6) is 5.75 Å². The summed E-state index contributed by atoms with van der Waals surface area (Å²) in [5.41, 5.74) is 3.54. The maximum Gasteiger partial charge on any atom is 0.122 e. The smallest absolute Gasteiger partial charge is 0.122 e. The molecule has 1 atom stereocenters. The molecule has 1 unspecified atom stereocenters. The van der Waals surface area contributed by atoms with Gasteiger partial charge in [-0.05, 0) is 42.6 Å². The van der Waals surface area contributed by atoms with Crippen molar-refractivity contribution in [2.24, 2.45) is 0 Å². The second-order valence-corrected chi connectivity index (χ2v) is 6.38. The van der Waals surface area contributed by atoms with Gasteiger partial charge in [-0.25, -0.2) is 0 Å². The molecule has 0 amide bonds. The molecule has 1 heterocycles. The number of fused-ring (bicyclic) bond motifs is 1. The third kappa shape index (κ3) is 4.75. The Morgan fingerprint density at radius 1 is 1.12 bits per heavy atom. The minimum absolute atomic E-state index is 0.272. The van der Waals surface area contributed by atoms with Crippen molar-refractivity contribution in [1.82, 2.24) is 10.3 Å². The van der Waals surface area contributed by atoms with Crippen molar-refractivity contribution in [2.75, 3.05) is 19.7 Å². The lowest BCUT2D eigenvalue weighted by molar-refractivity contribution is 0.106. The van der Waals surface area contributed by atoms with Gasteiger partial charge in [0.05, 0.1) is 0 Å². The van der Waals surface area contributed by atoms with Crippen molar-refractivity contribution >= 4 is 10.9 Å². The van der Waals surface area contributed by atoms with Crippen LogP contribution in [0.4, 0.5) is 0 Å². The zero-order valence-electron chi connectivity index (χ0n) is 14.9. The third-order valence-corrected chi connectivity index (χ3v) is 4.39. The topological polar surface area (TPSA) is 57.3 Å². The van der Waals surface area contributed by atoms with Gasteiger partial charge in [0.15, 0.2) is 0 Å². The molecule has 136 valence electrons. The van der Waals surface area contributed by atoms with Crippen LogP contribution in [0.25, 0.3) is 10.9 Å². The fourth-order valence-electron chi connectivity index (χ4n) is 3.04. The number of aliphatic hydroxyl groups excluding tert-OH is 1. The van der Waals surface area contributed by atoms with Crippen molar-refractivity contribution in [3.63, 3.8) is 0 Å². The Morgan fingerprint density at radius 3 is 2.81 bits per heavy atom. The van der Waals surface area contributed by atoms with E-state index in [2.05, 4.69) is 41.3 Å². The second kappa shape index (κ2) is 9.22. The molecule has 3 aromatic rings. The van der Waals surface area contributed by atoms with Crippen LogP contribution in [0.2, 0.25) is 0 Å². The molecule has 3 rings (SSSR count). The summed E-state index contributed by atoms with van der Waals surface area (Å²) in [5.74, 6) is 0.810. The summed E-state index contributed by atoms with van der Waals surface area (Å²) in [5, 5.41) is 14.7. The van der Waals surface area contributed by atoms with E-state index in [9.17, 15) is 5.11 Å². The van der Waals surface area contributed by atoms with Gasteiger partial charge in [0, 0.05) is 23.6 Å². The number of aliphatic hydroxyl groups is 1. The number of hydrogen-bond acceptors (Lipinski definition) is 3. The molecule has 0 aliphatic heterocycles. The highest BCUT2D eigenvalue weighted by Crippen LogP contribution is 2.19. The normalized spacial score (nSPS) is 12.2. The fraction of sp³-hybridized carbons (Fsp3) is 0.273. The Balaban J connectivity index is 1.40. The van der Waals surface area contributed by atoms with Gasteiger partial charge < -0.3 is 20.1 Å². The molecule has 0 aliphatic carbocycles. The predicted molar refractivity (Wildman–Crippen MR) is 107 cm³/mol. The first-order valence-electron chi connectivity index (χ1n) is 9.03. The number of para-hydroxylation sites is 2. The monoisotopic (exact) mass is 350 g/mol. The molecular weight excluding hydrogens is 324 g/mol.